The maximum absolute atomic E-state index is 9.22. The molecule has 0 atom stereocenters. The van der Waals surface area contributed by atoms with E-state index in [1.807, 2.05) is 47.4 Å². The molecule has 0 saturated carbocycles. The highest BCUT2D eigenvalue weighted by molar-refractivity contribution is 7.80. The average molecular weight is 321 g/mol. The van der Waals surface area contributed by atoms with Crippen molar-refractivity contribution in [2.24, 2.45) is 0 Å². The Morgan fingerprint density at radius 2 is 1.76 bits per heavy atom. The van der Waals surface area contributed by atoms with Crippen molar-refractivity contribution >= 4 is 34.6 Å². The summed E-state index contributed by atoms with van der Waals surface area (Å²) < 4.78 is 0. The fraction of sp³-hybridized carbons (Fsp3) is 0.188. The van der Waals surface area contributed by atoms with Crippen LogP contribution in [0.5, 0.6) is 0 Å². The van der Waals surface area contributed by atoms with Crippen LogP contribution in [0.4, 0.5) is 5.69 Å². The predicted molar refractivity (Wildman–Crippen MR) is 91.6 cm³/mol. The lowest BCUT2D eigenvalue weighted by Gasteiger charge is -2.25. The molecule has 0 aliphatic rings. The second kappa shape index (κ2) is 7.98. The highest BCUT2D eigenvalue weighted by Crippen LogP contribution is 2.14. The molecule has 21 heavy (non-hydrogen) atoms. The largest absolute Gasteiger partial charge is 0.395 e. The molecule has 0 aliphatic carbocycles. The first-order valence-electron chi connectivity index (χ1n) is 6.65. The zero-order chi connectivity index (χ0) is 15.1. The Kier molecular flexibility index (Phi) is 5.99. The maximum atomic E-state index is 9.22. The van der Waals surface area contributed by atoms with E-state index in [4.69, 9.17) is 23.8 Å². The standard InChI is InChI=1S/C16H17ClN2OS/c17-14-6-8-15(9-7-14)18-16(21)19(10-11-20)12-13-4-2-1-3-5-13/h1-9,20H,10-12H2,(H,18,21). The fourth-order valence-corrected chi connectivity index (χ4v) is 2.31. The van der Waals surface area contributed by atoms with Gasteiger partial charge in [-0.3, -0.25) is 0 Å². The van der Waals surface area contributed by atoms with Crippen LogP contribution >= 0.6 is 23.8 Å². The molecule has 3 nitrogen and oxygen atoms in total. The minimum atomic E-state index is 0.0509. The molecule has 0 bridgehead atoms. The Bertz CT molecular complexity index is 575. The number of nitrogens with zero attached hydrogens (tertiary/aromatic N) is 1. The number of hydrogen-bond acceptors (Lipinski definition) is 2. The molecule has 0 heterocycles. The summed E-state index contributed by atoms with van der Waals surface area (Å²) in [6.45, 7) is 1.18. The number of thiocarbonyl (C=S) groups is 1. The second-order valence-electron chi connectivity index (χ2n) is 4.57. The van der Waals surface area contributed by atoms with Crippen LogP contribution in [0.3, 0.4) is 0 Å². The van der Waals surface area contributed by atoms with Crippen LogP contribution in [0.2, 0.25) is 5.02 Å². The summed E-state index contributed by atoms with van der Waals surface area (Å²) in [6.07, 6.45) is 0. The minimum Gasteiger partial charge on any atom is -0.395 e. The van der Waals surface area contributed by atoms with Crippen LogP contribution in [0.25, 0.3) is 0 Å². The van der Waals surface area contributed by atoms with E-state index in [1.165, 1.54) is 0 Å². The Morgan fingerprint density at radius 3 is 2.38 bits per heavy atom. The van der Waals surface area contributed by atoms with E-state index < -0.39 is 0 Å². The highest BCUT2D eigenvalue weighted by atomic mass is 35.5. The van der Waals surface area contributed by atoms with E-state index in [0.29, 0.717) is 23.2 Å². The lowest BCUT2D eigenvalue weighted by atomic mass is 10.2. The van der Waals surface area contributed by atoms with Gasteiger partial charge in [0.1, 0.15) is 0 Å². The SMILES string of the molecule is OCCN(Cc1ccccc1)C(=S)Nc1ccc(Cl)cc1. The zero-order valence-corrected chi connectivity index (χ0v) is 13.1. The lowest BCUT2D eigenvalue weighted by molar-refractivity contribution is 0.248. The van der Waals surface area contributed by atoms with Gasteiger partial charge in [-0.05, 0) is 42.0 Å². The highest BCUT2D eigenvalue weighted by Gasteiger charge is 2.10. The van der Waals surface area contributed by atoms with Gasteiger partial charge in [0, 0.05) is 23.8 Å². The van der Waals surface area contributed by atoms with Crippen molar-refractivity contribution in [2.45, 2.75) is 6.54 Å². The van der Waals surface area contributed by atoms with Crippen molar-refractivity contribution in [3.8, 4) is 0 Å². The molecular weight excluding hydrogens is 304 g/mol. The first-order valence-corrected chi connectivity index (χ1v) is 7.44. The van der Waals surface area contributed by atoms with Gasteiger partial charge in [0.2, 0.25) is 0 Å². The van der Waals surface area contributed by atoms with Gasteiger partial charge in [-0.1, -0.05) is 41.9 Å². The number of nitrogens with one attached hydrogen (secondary N) is 1. The quantitative estimate of drug-likeness (QED) is 0.826. The Labute approximate surface area is 135 Å². The molecule has 2 rings (SSSR count). The average Bonchev–Trinajstić information content (AvgIpc) is 2.50. The van der Waals surface area contributed by atoms with Crippen LogP contribution < -0.4 is 5.32 Å². The van der Waals surface area contributed by atoms with Crippen molar-refractivity contribution in [3.05, 3.63) is 65.2 Å². The summed E-state index contributed by atoms with van der Waals surface area (Å²) in [5.74, 6) is 0. The van der Waals surface area contributed by atoms with Crippen molar-refractivity contribution in [1.29, 1.82) is 0 Å². The molecule has 0 saturated heterocycles. The minimum absolute atomic E-state index is 0.0509. The van der Waals surface area contributed by atoms with E-state index in [0.717, 1.165) is 11.3 Å². The van der Waals surface area contributed by atoms with E-state index >= 15 is 0 Å². The molecule has 0 unspecified atom stereocenters. The molecule has 0 aromatic heterocycles. The molecule has 0 amide bonds. The number of benzene rings is 2. The second-order valence-corrected chi connectivity index (χ2v) is 5.39. The summed E-state index contributed by atoms with van der Waals surface area (Å²) in [5.41, 5.74) is 2.02. The Balaban J connectivity index is 2.03. The van der Waals surface area contributed by atoms with Crippen molar-refractivity contribution < 1.29 is 5.11 Å². The van der Waals surface area contributed by atoms with E-state index in [2.05, 4.69) is 5.32 Å². The van der Waals surface area contributed by atoms with Gasteiger partial charge in [0.15, 0.2) is 5.11 Å². The van der Waals surface area contributed by atoms with Gasteiger partial charge < -0.3 is 15.3 Å². The summed E-state index contributed by atoms with van der Waals surface area (Å²) in [7, 11) is 0. The van der Waals surface area contributed by atoms with E-state index in [1.54, 1.807) is 12.1 Å². The topological polar surface area (TPSA) is 35.5 Å². The molecular formula is C16H17ClN2OS. The van der Waals surface area contributed by atoms with Crippen molar-refractivity contribution in [1.82, 2.24) is 4.90 Å². The third kappa shape index (κ3) is 5.01. The van der Waals surface area contributed by atoms with Crippen LogP contribution in [0.1, 0.15) is 5.56 Å². The van der Waals surface area contributed by atoms with Crippen LogP contribution in [0, 0.1) is 0 Å². The van der Waals surface area contributed by atoms with Crippen LogP contribution in [0.15, 0.2) is 54.6 Å². The molecule has 5 heteroatoms. The molecule has 2 aromatic carbocycles. The Morgan fingerprint density at radius 1 is 1.10 bits per heavy atom. The molecule has 2 aromatic rings. The van der Waals surface area contributed by atoms with Gasteiger partial charge in [0.25, 0.3) is 0 Å². The summed E-state index contributed by atoms with van der Waals surface area (Å²) in [6, 6.07) is 17.4. The molecule has 0 spiro atoms. The van der Waals surface area contributed by atoms with Crippen LogP contribution in [-0.2, 0) is 6.54 Å². The van der Waals surface area contributed by atoms with E-state index in [-0.39, 0.29) is 6.61 Å². The van der Waals surface area contributed by atoms with Gasteiger partial charge in [-0.15, -0.1) is 0 Å². The number of aliphatic hydroxyl groups excluding tert-OH is 1. The van der Waals surface area contributed by atoms with Crippen molar-refractivity contribution in [2.75, 3.05) is 18.5 Å². The van der Waals surface area contributed by atoms with Crippen molar-refractivity contribution in [3.63, 3.8) is 0 Å². The monoisotopic (exact) mass is 320 g/mol. The summed E-state index contributed by atoms with van der Waals surface area (Å²) >= 11 is 11.3. The van der Waals surface area contributed by atoms with Gasteiger partial charge >= 0.3 is 0 Å². The summed E-state index contributed by atoms with van der Waals surface area (Å²) in [4.78, 5) is 1.93. The first kappa shape index (κ1) is 15.8. The third-order valence-corrected chi connectivity index (χ3v) is 3.58. The lowest BCUT2D eigenvalue weighted by Crippen LogP contribution is -2.36. The first-order chi connectivity index (χ1) is 10.2. The maximum Gasteiger partial charge on any atom is 0.173 e. The van der Waals surface area contributed by atoms with Crippen LogP contribution in [-0.4, -0.2) is 28.3 Å². The smallest absolute Gasteiger partial charge is 0.173 e. The number of rotatable bonds is 5. The van der Waals surface area contributed by atoms with Gasteiger partial charge in [-0.2, -0.15) is 0 Å². The van der Waals surface area contributed by atoms with Gasteiger partial charge in [-0.25, -0.2) is 0 Å². The zero-order valence-electron chi connectivity index (χ0n) is 11.5. The molecule has 0 radical (unpaired) electrons. The molecule has 110 valence electrons. The molecule has 0 fully saturated rings. The van der Waals surface area contributed by atoms with Gasteiger partial charge in [0.05, 0.1) is 6.61 Å². The normalized spacial score (nSPS) is 10.2. The van der Waals surface area contributed by atoms with E-state index in [9.17, 15) is 5.11 Å². The fourth-order valence-electron chi connectivity index (χ4n) is 1.91. The number of anilines is 1. The number of halogens is 1. The molecule has 2 N–H and O–H groups in total. The predicted octanol–water partition coefficient (Wildman–Crippen LogP) is 3.53. The third-order valence-electron chi connectivity index (χ3n) is 2.97. The molecule has 0 aliphatic heterocycles. The Hall–Kier alpha value is -1.62. The number of hydrogen-bond donors (Lipinski definition) is 2. The number of aliphatic hydroxyl groups is 1. The summed E-state index contributed by atoms with van der Waals surface area (Å²) in [5, 5.41) is 13.6.